The molecular formula is C16H16F3N5O. The van der Waals surface area contributed by atoms with Gasteiger partial charge < -0.3 is 15.1 Å². The number of anilines is 2. The molecule has 3 rings (SSSR count). The lowest BCUT2D eigenvalue weighted by Crippen LogP contribution is -2.44. The number of halogens is 3. The number of benzene rings is 1. The summed E-state index contributed by atoms with van der Waals surface area (Å²) in [5.41, 5.74) is -0.518. The van der Waals surface area contributed by atoms with Crippen LogP contribution in [0.2, 0.25) is 0 Å². The van der Waals surface area contributed by atoms with Crippen LogP contribution in [0.4, 0.5) is 24.7 Å². The van der Waals surface area contributed by atoms with E-state index in [1.54, 1.807) is 0 Å². The zero-order valence-electron chi connectivity index (χ0n) is 13.5. The van der Waals surface area contributed by atoms with Crippen molar-refractivity contribution in [3.63, 3.8) is 0 Å². The molecule has 1 amide bonds. The molecule has 0 spiro atoms. The highest BCUT2D eigenvalue weighted by atomic mass is 19.2. The summed E-state index contributed by atoms with van der Waals surface area (Å²) < 4.78 is 39.7. The minimum Gasteiger partial charge on any atom is -0.353 e. The Hall–Kier alpha value is -2.68. The Balaban J connectivity index is 1.70. The standard InChI is InChI=1S/C16H16F3N5O/c1-23-4-6-24(7-5-23)13-9-20-12(8-21-13)16(25)22-11-3-2-10(17)14(18)15(11)19/h2-3,8-9H,4-7H2,1H3,(H,22,25). The first-order valence-corrected chi connectivity index (χ1v) is 7.66. The number of carbonyl (C=O) groups excluding carboxylic acids is 1. The predicted octanol–water partition coefficient (Wildman–Crippen LogP) is 1.90. The van der Waals surface area contributed by atoms with Gasteiger partial charge in [0.15, 0.2) is 17.5 Å². The van der Waals surface area contributed by atoms with Crippen molar-refractivity contribution >= 4 is 17.4 Å². The minimum absolute atomic E-state index is 0.0537. The molecule has 1 aliphatic rings. The molecular weight excluding hydrogens is 335 g/mol. The maximum absolute atomic E-state index is 13.6. The molecule has 1 N–H and O–H groups in total. The smallest absolute Gasteiger partial charge is 0.275 e. The summed E-state index contributed by atoms with van der Waals surface area (Å²) in [5, 5.41) is 2.16. The molecule has 25 heavy (non-hydrogen) atoms. The highest BCUT2D eigenvalue weighted by Crippen LogP contribution is 2.20. The van der Waals surface area contributed by atoms with Gasteiger partial charge in [-0.25, -0.2) is 23.1 Å². The van der Waals surface area contributed by atoms with Crippen LogP contribution in [-0.2, 0) is 0 Å². The van der Waals surface area contributed by atoms with Gasteiger partial charge in [-0.15, -0.1) is 0 Å². The molecule has 6 nitrogen and oxygen atoms in total. The molecule has 132 valence electrons. The molecule has 1 aromatic carbocycles. The number of nitrogens with one attached hydrogen (secondary N) is 1. The van der Waals surface area contributed by atoms with Crippen molar-refractivity contribution in [2.45, 2.75) is 0 Å². The topological polar surface area (TPSA) is 61.4 Å². The highest BCUT2D eigenvalue weighted by Gasteiger charge is 2.18. The summed E-state index contributed by atoms with van der Waals surface area (Å²) in [5.74, 6) is -4.55. The third-order valence-corrected chi connectivity index (χ3v) is 3.98. The van der Waals surface area contributed by atoms with Crippen LogP contribution in [0, 0.1) is 17.5 Å². The molecule has 0 saturated carbocycles. The summed E-state index contributed by atoms with van der Waals surface area (Å²) >= 11 is 0. The van der Waals surface area contributed by atoms with E-state index in [1.807, 2.05) is 11.9 Å². The third kappa shape index (κ3) is 3.71. The Kier molecular flexibility index (Phi) is 4.84. The fourth-order valence-electron chi connectivity index (χ4n) is 2.45. The number of piperazine rings is 1. The predicted molar refractivity (Wildman–Crippen MR) is 86.0 cm³/mol. The summed E-state index contributed by atoms with van der Waals surface area (Å²) in [6.45, 7) is 3.41. The fourth-order valence-corrected chi connectivity index (χ4v) is 2.45. The lowest BCUT2D eigenvalue weighted by Gasteiger charge is -2.32. The number of hydrogen-bond acceptors (Lipinski definition) is 5. The van der Waals surface area contributed by atoms with Gasteiger partial charge in [-0.1, -0.05) is 0 Å². The quantitative estimate of drug-likeness (QED) is 0.856. The Morgan fingerprint density at radius 3 is 2.40 bits per heavy atom. The van der Waals surface area contributed by atoms with E-state index in [0.29, 0.717) is 5.82 Å². The van der Waals surface area contributed by atoms with Gasteiger partial charge in [-0.3, -0.25) is 4.79 Å². The molecule has 2 heterocycles. The molecule has 0 radical (unpaired) electrons. The number of rotatable bonds is 3. The maximum atomic E-state index is 13.6. The van der Waals surface area contributed by atoms with E-state index in [9.17, 15) is 18.0 Å². The van der Waals surface area contributed by atoms with E-state index in [0.717, 1.165) is 38.3 Å². The second kappa shape index (κ2) is 7.06. The number of hydrogen-bond donors (Lipinski definition) is 1. The van der Waals surface area contributed by atoms with Gasteiger partial charge in [0.2, 0.25) is 0 Å². The van der Waals surface area contributed by atoms with Crippen LogP contribution >= 0.6 is 0 Å². The molecule has 9 heteroatoms. The number of aromatic nitrogens is 2. The Morgan fingerprint density at radius 1 is 1.04 bits per heavy atom. The van der Waals surface area contributed by atoms with Crippen molar-refractivity contribution in [3.05, 3.63) is 47.7 Å². The largest absolute Gasteiger partial charge is 0.353 e. The van der Waals surface area contributed by atoms with E-state index >= 15 is 0 Å². The van der Waals surface area contributed by atoms with Gasteiger partial charge in [-0.05, 0) is 19.2 Å². The Morgan fingerprint density at radius 2 is 1.76 bits per heavy atom. The number of amides is 1. The fraction of sp³-hybridized carbons (Fsp3) is 0.312. The normalized spacial score (nSPS) is 15.3. The van der Waals surface area contributed by atoms with Crippen molar-refractivity contribution in [3.8, 4) is 0 Å². The van der Waals surface area contributed by atoms with Crippen LogP contribution < -0.4 is 10.2 Å². The first kappa shape index (κ1) is 17.2. The molecule has 1 fully saturated rings. The van der Waals surface area contributed by atoms with Crippen molar-refractivity contribution in [1.82, 2.24) is 14.9 Å². The summed E-state index contributed by atoms with van der Waals surface area (Å²) in [4.78, 5) is 24.5. The monoisotopic (exact) mass is 351 g/mol. The number of nitrogens with zero attached hydrogens (tertiary/aromatic N) is 4. The van der Waals surface area contributed by atoms with Gasteiger partial charge in [0.05, 0.1) is 18.1 Å². The summed E-state index contributed by atoms with van der Waals surface area (Å²) in [7, 11) is 2.04. The first-order valence-electron chi connectivity index (χ1n) is 7.66. The summed E-state index contributed by atoms with van der Waals surface area (Å²) in [6, 6.07) is 1.67. The van der Waals surface area contributed by atoms with Crippen LogP contribution in [0.1, 0.15) is 10.5 Å². The zero-order chi connectivity index (χ0) is 18.0. The first-order chi connectivity index (χ1) is 12.0. The van der Waals surface area contributed by atoms with Crippen molar-refractivity contribution in [2.75, 3.05) is 43.4 Å². The van der Waals surface area contributed by atoms with Crippen LogP contribution in [0.3, 0.4) is 0 Å². The molecule has 0 bridgehead atoms. The molecule has 0 unspecified atom stereocenters. The Labute approximate surface area is 142 Å². The second-order valence-electron chi connectivity index (χ2n) is 5.73. The molecule has 2 aromatic rings. The van der Waals surface area contributed by atoms with E-state index in [-0.39, 0.29) is 5.69 Å². The highest BCUT2D eigenvalue weighted by molar-refractivity contribution is 6.02. The lowest BCUT2D eigenvalue weighted by atomic mass is 10.2. The maximum Gasteiger partial charge on any atom is 0.275 e. The van der Waals surface area contributed by atoms with Gasteiger partial charge in [0.1, 0.15) is 11.5 Å². The third-order valence-electron chi connectivity index (χ3n) is 3.98. The summed E-state index contributed by atoms with van der Waals surface area (Å²) in [6.07, 6.45) is 2.72. The van der Waals surface area contributed by atoms with Crippen molar-refractivity contribution in [2.24, 2.45) is 0 Å². The molecule has 1 aliphatic heterocycles. The zero-order valence-corrected chi connectivity index (χ0v) is 13.5. The van der Waals surface area contributed by atoms with Crippen LogP contribution in [0.5, 0.6) is 0 Å². The number of carbonyl (C=O) groups is 1. The molecule has 0 atom stereocenters. The number of likely N-dealkylation sites (N-methyl/N-ethyl adjacent to an activating group) is 1. The molecule has 0 aliphatic carbocycles. The Bertz CT molecular complexity index is 776. The van der Waals surface area contributed by atoms with Crippen molar-refractivity contribution in [1.29, 1.82) is 0 Å². The molecule has 1 saturated heterocycles. The van der Waals surface area contributed by atoms with E-state index < -0.39 is 29.0 Å². The van der Waals surface area contributed by atoms with Crippen LogP contribution in [0.15, 0.2) is 24.5 Å². The molecule has 1 aromatic heterocycles. The average Bonchev–Trinajstić information content (AvgIpc) is 2.63. The van der Waals surface area contributed by atoms with Crippen molar-refractivity contribution < 1.29 is 18.0 Å². The van der Waals surface area contributed by atoms with Gasteiger partial charge in [-0.2, -0.15) is 0 Å². The van der Waals surface area contributed by atoms with Crippen LogP contribution in [0.25, 0.3) is 0 Å². The van der Waals surface area contributed by atoms with Crippen LogP contribution in [-0.4, -0.2) is 54.0 Å². The van der Waals surface area contributed by atoms with E-state index in [1.165, 1.54) is 12.4 Å². The van der Waals surface area contributed by atoms with Gasteiger partial charge >= 0.3 is 0 Å². The van der Waals surface area contributed by atoms with Gasteiger partial charge in [0.25, 0.3) is 5.91 Å². The SMILES string of the molecule is CN1CCN(c2cnc(C(=O)Nc3ccc(F)c(F)c3F)cn2)CC1. The lowest BCUT2D eigenvalue weighted by molar-refractivity contribution is 0.102. The average molecular weight is 351 g/mol. The second-order valence-corrected chi connectivity index (χ2v) is 5.73. The van der Waals surface area contributed by atoms with E-state index in [4.69, 9.17) is 0 Å². The van der Waals surface area contributed by atoms with Gasteiger partial charge in [0, 0.05) is 26.2 Å². The minimum atomic E-state index is -1.64. The van der Waals surface area contributed by atoms with E-state index in [2.05, 4.69) is 20.2 Å².